The van der Waals surface area contributed by atoms with Crippen LogP contribution in [-0.2, 0) is 28.1 Å². The lowest BCUT2D eigenvalue weighted by Crippen LogP contribution is -2.64. The predicted molar refractivity (Wildman–Crippen MR) is 110 cm³/mol. The van der Waals surface area contributed by atoms with Gasteiger partial charge < -0.3 is 34.6 Å². The normalized spacial score (nSPS) is 30.7. The molecule has 0 aromatic heterocycles. The Morgan fingerprint density at radius 2 is 1.97 bits per heavy atom. The number of methoxy groups -OCH3 is 1. The highest BCUT2D eigenvalue weighted by Crippen LogP contribution is 2.40. The fourth-order valence-electron chi connectivity index (χ4n) is 4.18. The Morgan fingerprint density at radius 3 is 2.70 bits per heavy atom. The van der Waals surface area contributed by atoms with Gasteiger partial charge in [0, 0.05) is 24.1 Å². The smallest absolute Gasteiger partial charge is 0.224 e. The minimum absolute atomic E-state index is 0.298. The highest BCUT2D eigenvalue weighted by Gasteiger charge is 2.55. The van der Waals surface area contributed by atoms with Gasteiger partial charge in [0.25, 0.3) is 0 Å². The highest BCUT2D eigenvalue weighted by atomic mass is 35.5. The van der Waals surface area contributed by atoms with Gasteiger partial charge in [-0.3, -0.25) is 0 Å². The third kappa shape index (κ3) is 3.61. The highest BCUT2D eigenvalue weighted by molar-refractivity contribution is 6.31. The third-order valence-electron chi connectivity index (χ3n) is 5.87. The van der Waals surface area contributed by atoms with E-state index in [0.29, 0.717) is 23.6 Å². The zero-order chi connectivity index (χ0) is 21.5. The van der Waals surface area contributed by atoms with E-state index >= 15 is 0 Å². The van der Waals surface area contributed by atoms with Crippen molar-refractivity contribution in [3.8, 4) is 5.75 Å². The van der Waals surface area contributed by atoms with Crippen molar-refractivity contribution < 1.29 is 34.6 Å². The molecule has 0 bridgehead atoms. The van der Waals surface area contributed by atoms with E-state index in [-0.39, 0.29) is 6.61 Å². The summed E-state index contributed by atoms with van der Waals surface area (Å²) in [6, 6.07) is 11.1. The lowest BCUT2D eigenvalue weighted by Gasteiger charge is -2.47. The number of rotatable bonds is 5. The van der Waals surface area contributed by atoms with Gasteiger partial charge in [0.15, 0.2) is 12.7 Å². The number of benzene rings is 2. The van der Waals surface area contributed by atoms with Crippen LogP contribution >= 0.6 is 11.6 Å². The lowest BCUT2D eigenvalue weighted by atomic mass is 9.87. The van der Waals surface area contributed by atoms with E-state index in [1.165, 1.54) is 7.11 Å². The van der Waals surface area contributed by atoms with Crippen molar-refractivity contribution in [1.82, 2.24) is 0 Å². The van der Waals surface area contributed by atoms with Crippen molar-refractivity contribution in [2.24, 2.45) is 0 Å². The van der Waals surface area contributed by atoms with Gasteiger partial charge in [-0.15, -0.1) is 0 Å². The fourth-order valence-corrected chi connectivity index (χ4v) is 4.36. The molecule has 2 aliphatic heterocycles. The number of aliphatic hydroxyl groups excluding tert-OH is 3. The largest absolute Gasteiger partial charge is 0.493 e. The first-order valence-corrected chi connectivity index (χ1v) is 10.2. The zero-order valence-electron chi connectivity index (χ0n) is 16.5. The molecule has 1 unspecified atom stereocenters. The topological polar surface area (TPSA) is 111 Å². The van der Waals surface area contributed by atoms with Crippen LogP contribution in [-0.4, -0.2) is 65.2 Å². The van der Waals surface area contributed by atoms with Gasteiger partial charge >= 0.3 is 0 Å². The van der Waals surface area contributed by atoms with E-state index in [4.69, 9.17) is 30.9 Å². The first-order chi connectivity index (χ1) is 14.4. The summed E-state index contributed by atoms with van der Waals surface area (Å²) in [5, 5.41) is 39.3. The summed E-state index contributed by atoms with van der Waals surface area (Å²) < 4.78 is 16.9. The number of hydrogen-bond acceptors (Lipinski definition) is 6. The molecule has 0 amide bonds. The fraction of sp³-hybridized carbons (Fsp3) is 0.455. The van der Waals surface area contributed by atoms with Crippen LogP contribution in [0.1, 0.15) is 22.3 Å². The maximum absolute atomic E-state index is 10.7. The standard InChI is InChI=1S/C22H25ClO7/c1-28-22(21(27)20(26)19(25)18(11-24)30-22)15-3-4-16(23)14(10-15)9-12-2-5-17-13(8-12)6-7-29-17/h2-5,8,10,18-21,24-27H,6-7,9,11H2,1H3/p+1/t18?,19-,20+,21-,22+/m1/s1. The van der Waals surface area contributed by atoms with E-state index in [0.717, 1.165) is 28.9 Å². The van der Waals surface area contributed by atoms with Crippen molar-refractivity contribution in [3.63, 3.8) is 0 Å². The van der Waals surface area contributed by atoms with Gasteiger partial charge in [-0.1, -0.05) is 29.8 Å². The van der Waals surface area contributed by atoms with Crippen LogP contribution in [0.5, 0.6) is 5.75 Å². The number of ether oxygens (including phenoxy) is 3. The monoisotopic (exact) mass is 437 g/mol. The Labute approximate surface area is 179 Å². The molecular weight excluding hydrogens is 412 g/mol. The third-order valence-corrected chi connectivity index (χ3v) is 6.24. The zero-order valence-corrected chi connectivity index (χ0v) is 17.3. The van der Waals surface area contributed by atoms with Crippen LogP contribution < -0.4 is 4.74 Å². The maximum atomic E-state index is 10.7. The quantitative estimate of drug-likeness (QED) is 0.598. The van der Waals surface area contributed by atoms with Crippen LogP contribution in [0.15, 0.2) is 36.4 Å². The van der Waals surface area contributed by atoms with Gasteiger partial charge in [-0.25, -0.2) is 0 Å². The maximum Gasteiger partial charge on any atom is 0.224 e. The Bertz CT molecular complexity index is 918. The molecule has 5 N–H and O–H groups in total. The molecule has 1 fully saturated rings. The summed E-state index contributed by atoms with van der Waals surface area (Å²) in [6.07, 6.45) is -4.06. The summed E-state index contributed by atoms with van der Waals surface area (Å²) in [5.41, 5.74) is 3.47. The summed E-state index contributed by atoms with van der Waals surface area (Å²) in [5.74, 6) is -0.820. The molecule has 8 heteroatoms. The SMILES string of the molecule is CO[C@@]1(c2ccc(Cl)c(Cc3ccc4c(c3)CCO4)c2)OC(C[OH2+])[C@@H](O)[C@H](O)[C@H]1O. The van der Waals surface area contributed by atoms with E-state index < -0.39 is 30.2 Å². The molecule has 0 aliphatic carbocycles. The molecule has 4 rings (SSSR count). The van der Waals surface area contributed by atoms with E-state index in [9.17, 15) is 15.3 Å². The van der Waals surface area contributed by atoms with Gasteiger partial charge in [-0.05, 0) is 41.3 Å². The lowest BCUT2D eigenvalue weighted by molar-refractivity contribution is -0.366. The molecule has 0 spiro atoms. The van der Waals surface area contributed by atoms with Gasteiger partial charge in [-0.2, -0.15) is 0 Å². The molecule has 162 valence electrons. The van der Waals surface area contributed by atoms with E-state index in [2.05, 4.69) is 6.07 Å². The summed E-state index contributed by atoms with van der Waals surface area (Å²) in [4.78, 5) is 0. The number of fused-ring (bicyclic) bond motifs is 1. The van der Waals surface area contributed by atoms with Crippen molar-refractivity contribution in [2.45, 2.75) is 43.0 Å². The Balaban J connectivity index is 1.69. The number of halogens is 1. The molecule has 1 saturated heterocycles. The molecule has 5 atom stereocenters. The molecule has 2 aromatic carbocycles. The summed E-state index contributed by atoms with van der Waals surface area (Å²) in [7, 11) is 1.35. The van der Waals surface area contributed by atoms with Gasteiger partial charge in [0.1, 0.15) is 24.1 Å². The van der Waals surface area contributed by atoms with Crippen LogP contribution in [0.3, 0.4) is 0 Å². The van der Waals surface area contributed by atoms with Crippen LogP contribution in [0, 0.1) is 0 Å². The molecule has 7 nitrogen and oxygen atoms in total. The van der Waals surface area contributed by atoms with Crippen LogP contribution in [0.25, 0.3) is 0 Å². The number of hydrogen-bond donors (Lipinski definition) is 3. The average molecular weight is 438 g/mol. The van der Waals surface area contributed by atoms with Gasteiger partial charge in [0.2, 0.25) is 5.79 Å². The van der Waals surface area contributed by atoms with Crippen molar-refractivity contribution in [2.75, 3.05) is 20.3 Å². The number of aliphatic hydroxyl groups is 3. The Morgan fingerprint density at radius 1 is 1.17 bits per heavy atom. The van der Waals surface area contributed by atoms with Crippen molar-refractivity contribution >= 4 is 11.6 Å². The van der Waals surface area contributed by atoms with E-state index in [1.54, 1.807) is 18.2 Å². The molecule has 2 aliphatic rings. The van der Waals surface area contributed by atoms with Crippen LogP contribution in [0.4, 0.5) is 0 Å². The average Bonchev–Trinajstić information content (AvgIpc) is 3.22. The molecule has 2 aromatic rings. The van der Waals surface area contributed by atoms with Crippen LogP contribution in [0.2, 0.25) is 5.02 Å². The molecule has 0 radical (unpaired) electrons. The second-order valence-electron chi connectivity index (χ2n) is 7.68. The molecule has 30 heavy (non-hydrogen) atoms. The first-order valence-electron chi connectivity index (χ1n) is 9.85. The van der Waals surface area contributed by atoms with E-state index in [1.807, 2.05) is 12.1 Å². The Kier molecular flexibility index (Phi) is 6.05. The minimum atomic E-state index is -1.73. The first kappa shape index (κ1) is 21.5. The van der Waals surface area contributed by atoms with Crippen molar-refractivity contribution in [1.29, 1.82) is 0 Å². The summed E-state index contributed by atoms with van der Waals surface area (Å²) >= 11 is 6.45. The molecule has 2 heterocycles. The molecule has 0 saturated carbocycles. The second-order valence-corrected chi connectivity index (χ2v) is 8.09. The van der Waals surface area contributed by atoms with Gasteiger partial charge in [0.05, 0.1) is 6.61 Å². The summed E-state index contributed by atoms with van der Waals surface area (Å²) in [6.45, 7) is 0.389. The minimum Gasteiger partial charge on any atom is -0.493 e. The second kappa shape index (κ2) is 8.43. The predicted octanol–water partition coefficient (Wildman–Crippen LogP) is 0.871. The molecular formula is C22H26ClO7+. The van der Waals surface area contributed by atoms with Crippen molar-refractivity contribution in [3.05, 3.63) is 63.7 Å². The Hall–Kier alpha value is -1.71.